The number of aromatic nitrogens is 2. The third-order valence-electron chi connectivity index (χ3n) is 1.65. The number of benzene rings is 1. The van der Waals surface area contributed by atoms with Gasteiger partial charge in [-0.25, -0.2) is 9.18 Å². The van der Waals surface area contributed by atoms with Gasteiger partial charge in [-0.2, -0.15) is 0 Å². The average molecular weight is 215 g/mol. The molecule has 0 unspecified atom stereocenters. The second-order valence-electron chi connectivity index (χ2n) is 2.55. The third-order valence-corrected chi connectivity index (χ3v) is 2.03. The highest BCUT2D eigenvalue weighted by atomic mass is 35.5. The lowest BCUT2D eigenvalue weighted by Crippen LogP contribution is -1.95. The Hall–Kier alpha value is -1.62. The van der Waals surface area contributed by atoms with Crippen molar-refractivity contribution in [1.29, 1.82) is 0 Å². The van der Waals surface area contributed by atoms with Crippen LogP contribution in [0.4, 0.5) is 4.39 Å². The number of nitrogens with zero attached hydrogens (tertiary/aromatic N) is 1. The van der Waals surface area contributed by atoms with Crippen molar-refractivity contribution in [3.8, 4) is 11.4 Å². The number of H-pyrrole nitrogens is 1. The van der Waals surface area contributed by atoms with E-state index in [-0.39, 0.29) is 16.4 Å². The standard InChI is InChI=1S/C8H4ClFN2O2/c9-6-4(2-1-3-5(6)10)7-11-8(13)14-12-7/h1-3H,(H,11,12,13). The SMILES string of the molecule is O=c1[nH]c(-c2cccc(F)c2Cl)no1. The first-order chi connectivity index (χ1) is 6.68. The summed E-state index contributed by atoms with van der Waals surface area (Å²) in [5.74, 6) is -1.17. The van der Waals surface area contributed by atoms with E-state index in [0.717, 1.165) is 0 Å². The zero-order chi connectivity index (χ0) is 10.1. The summed E-state index contributed by atoms with van der Waals surface area (Å²) >= 11 is 5.66. The smallest absolute Gasteiger partial charge is 0.296 e. The van der Waals surface area contributed by atoms with Crippen LogP contribution in [-0.4, -0.2) is 10.1 Å². The molecule has 72 valence electrons. The van der Waals surface area contributed by atoms with Crippen LogP contribution in [0.3, 0.4) is 0 Å². The Morgan fingerprint density at radius 2 is 2.29 bits per heavy atom. The van der Waals surface area contributed by atoms with Gasteiger partial charge in [-0.05, 0) is 12.1 Å². The van der Waals surface area contributed by atoms with Gasteiger partial charge in [0.2, 0.25) is 0 Å². The Labute approximate surface area is 82.3 Å². The fraction of sp³-hybridized carbons (Fsp3) is 0. The molecule has 0 fully saturated rings. The van der Waals surface area contributed by atoms with E-state index in [1.165, 1.54) is 18.2 Å². The average Bonchev–Trinajstić information content (AvgIpc) is 2.57. The van der Waals surface area contributed by atoms with Gasteiger partial charge in [0, 0.05) is 5.56 Å². The number of halogens is 2. The molecule has 0 spiro atoms. The maximum absolute atomic E-state index is 13.0. The van der Waals surface area contributed by atoms with Gasteiger partial charge in [0.1, 0.15) is 5.82 Å². The molecule has 2 aromatic rings. The summed E-state index contributed by atoms with van der Waals surface area (Å²) in [5, 5.41) is 3.29. The fourth-order valence-electron chi connectivity index (χ4n) is 1.03. The summed E-state index contributed by atoms with van der Waals surface area (Å²) in [6.45, 7) is 0. The summed E-state index contributed by atoms with van der Waals surface area (Å²) in [4.78, 5) is 12.9. The monoisotopic (exact) mass is 214 g/mol. The van der Waals surface area contributed by atoms with E-state index < -0.39 is 11.6 Å². The minimum absolute atomic E-state index is 0.1000. The van der Waals surface area contributed by atoms with Crippen molar-refractivity contribution in [2.45, 2.75) is 0 Å². The zero-order valence-electron chi connectivity index (χ0n) is 6.75. The van der Waals surface area contributed by atoms with Gasteiger partial charge in [0.25, 0.3) is 0 Å². The van der Waals surface area contributed by atoms with Gasteiger partial charge in [-0.1, -0.05) is 22.8 Å². The summed E-state index contributed by atoms with van der Waals surface area (Å²) in [7, 11) is 0. The van der Waals surface area contributed by atoms with Crippen LogP contribution in [0.2, 0.25) is 5.02 Å². The molecular weight excluding hydrogens is 211 g/mol. The maximum Gasteiger partial charge on any atom is 0.439 e. The molecule has 0 aliphatic rings. The van der Waals surface area contributed by atoms with Crippen molar-refractivity contribution in [3.63, 3.8) is 0 Å². The summed E-state index contributed by atoms with van der Waals surface area (Å²) < 4.78 is 17.3. The number of rotatable bonds is 1. The third kappa shape index (κ3) is 1.42. The minimum Gasteiger partial charge on any atom is -0.296 e. The molecule has 1 N–H and O–H groups in total. The molecule has 0 aliphatic heterocycles. The van der Waals surface area contributed by atoms with Crippen molar-refractivity contribution >= 4 is 11.6 Å². The Balaban J connectivity index is 2.62. The van der Waals surface area contributed by atoms with Crippen LogP contribution in [0.15, 0.2) is 27.5 Å². The predicted octanol–water partition coefficient (Wildman–Crippen LogP) is 1.82. The molecule has 2 rings (SSSR count). The number of aromatic amines is 1. The lowest BCUT2D eigenvalue weighted by molar-refractivity contribution is 0.388. The molecule has 0 radical (unpaired) electrons. The van der Waals surface area contributed by atoms with Crippen LogP contribution in [0.1, 0.15) is 0 Å². The van der Waals surface area contributed by atoms with Gasteiger partial charge in [-0.3, -0.25) is 9.51 Å². The van der Waals surface area contributed by atoms with Crippen LogP contribution in [0.5, 0.6) is 0 Å². The molecule has 0 atom stereocenters. The fourth-order valence-corrected chi connectivity index (χ4v) is 1.25. The number of nitrogens with one attached hydrogen (secondary N) is 1. The van der Waals surface area contributed by atoms with E-state index in [9.17, 15) is 9.18 Å². The van der Waals surface area contributed by atoms with Crippen molar-refractivity contribution in [1.82, 2.24) is 10.1 Å². The second-order valence-corrected chi connectivity index (χ2v) is 2.92. The summed E-state index contributed by atoms with van der Waals surface area (Å²) in [5.41, 5.74) is 0.289. The van der Waals surface area contributed by atoms with E-state index in [1.54, 1.807) is 0 Å². The van der Waals surface area contributed by atoms with Gasteiger partial charge < -0.3 is 0 Å². The zero-order valence-corrected chi connectivity index (χ0v) is 7.51. The Morgan fingerprint density at radius 3 is 2.93 bits per heavy atom. The quantitative estimate of drug-likeness (QED) is 0.788. The van der Waals surface area contributed by atoms with Crippen LogP contribution < -0.4 is 5.76 Å². The normalized spacial score (nSPS) is 10.4. The largest absolute Gasteiger partial charge is 0.439 e. The highest BCUT2D eigenvalue weighted by Crippen LogP contribution is 2.26. The molecule has 14 heavy (non-hydrogen) atoms. The topological polar surface area (TPSA) is 58.9 Å². The molecule has 0 saturated heterocycles. The van der Waals surface area contributed by atoms with Crippen molar-refractivity contribution in [2.24, 2.45) is 0 Å². The maximum atomic E-state index is 13.0. The highest BCUT2D eigenvalue weighted by Gasteiger charge is 2.11. The van der Waals surface area contributed by atoms with Crippen LogP contribution in [0.25, 0.3) is 11.4 Å². The summed E-state index contributed by atoms with van der Waals surface area (Å²) in [6, 6.07) is 4.20. The molecule has 0 bridgehead atoms. The van der Waals surface area contributed by atoms with E-state index >= 15 is 0 Å². The number of hydrogen-bond acceptors (Lipinski definition) is 3. The van der Waals surface area contributed by atoms with E-state index in [0.29, 0.717) is 0 Å². The van der Waals surface area contributed by atoms with E-state index in [4.69, 9.17) is 11.6 Å². The molecule has 6 heteroatoms. The first kappa shape index (κ1) is 8.96. The molecular formula is C8H4ClFN2O2. The molecule has 1 heterocycles. The second kappa shape index (κ2) is 3.26. The predicted molar refractivity (Wildman–Crippen MR) is 47.5 cm³/mol. The Morgan fingerprint density at radius 1 is 1.50 bits per heavy atom. The highest BCUT2D eigenvalue weighted by molar-refractivity contribution is 6.33. The van der Waals surface area contributed by atoms with E-state index in [1.807, 2.05) is 0 Å². The lowest BCUT2D eigenvalue weighted by Gasteiger charge is -1.98. The Kier molecular flexibility index (Phi) is 2.09. The molecule has 0 aliphatic carbocycles. The molecule has 0 amide bonds. The number of hydrogen-bond donors (Lipinski definition) is 1. The van der Waals surface area contributed by atoms with Crippen molar-refractivity contribution < 1.29 is 8.91 Å². The molecule has 0 saturated carbocycles. The van der Waals surface area contributed by atoms with Crippen LogP contribution in [-0.2, 0) is 0 Å². The van der Waals surface area contributed by atoms with Gasteiger partial charge in [-0.15, -0.1) is 0 Å². The molecule has 1 aromatic carbocycles. The minimum atomic E-state index is -0.708. The molecule has 4 nitrogen and oxygen atoms in total. The first-order valence-corrected chi connectivity index (χ1v) is 4.06. The lowest BCUT2D eigenvalue weighted by atomic mass is 10.2. The van der Waals surface area contributed by atoms with Crippen molar-refractivity contribution in [2.75, 3.05) is 0 Å². The Bertz CT molecular complexity index is 520. The van der Waals surface area contributed by atoms with Crippen LogP contribution in [0, 0.1) is 5.82 Å². The van der Waals surface area contributed by atoms with E-state index in [2.05, 4.69) is 14.7 Å². The van der Waals surface area contributed by atoms with Crippen molar-refractivity contribution in [3.05, 3.63) is 39.6 Å². The van der Waals surface area contributed by atoms with Crippen LogP contribution >= 0.6 is 11.6 Å². The van der Waals surface area contributed by atoms with Gasteiger partial charge in [0.05, 0.1) is 5.02 Å². The summed E-state index contributed by atoms with van der Waals surface area (Å²) in [6.07, 6.45) is 0. The molecule has 1 aromatic heterocycles. The van der Waals surface area contributed by atoms with Gasteiger partial charge in [0.15, 0.2) is 5.82 Å². The van der Waals surface area contributed by atoms with Gasteiger partial charge >= 0.3 is 5.76 Å². The first-order valence-electron chi connectivity index (χ1n) is 3.69.